The lowest BCUT2D eigenvalue weighted by molar-refractivity contribution is 0.392. The Bertz CT molecular complexity index is 762. The Kier molecular flexibility index (Phi) is 3.12. The van der Waals surface area contributed by atoms with Gasteiger partial charge in [-0.1, -0.05) is 29.4 Å². The van der Waals surface area contributed by atoms with E-state index < -0.39 is 0 Å². The maximum absolute atomic E-state index is 5.40. The summed E-state index contributed by atoms with van der Waals surface area (Å²) in [6.45, 7) is 2.00. The monoisotopic (exact) mass is 280 g/mol. The van der Waals surface area contributed by atoms with Crippen LogP contribution < -0.4 is 5.32 Å². The number of nitrogens with zero attached hydrogens (tertiary/aromatic N) is 3. The fourth-order valence-electron chi connectivity index (χ4n) is 2.76. The van der Waals surface area contributed by atoms with Gasteiger partial charge in [-0.25, -0.2) is 4.98 Å². The average molecular weight is 280 g/mol. The molecule has 2 aromatic heterocycles. The lowest BCUT2D eigenvalue weighted by Crippen LogP contribution is -2.28. The molecule has 0 saturated carbocycles. The molecule has 0 spiro atoms. The Hall–Kier alpha value is -2.27. The molecule has 1 fully saturated rings. The third-order valence-corrected chi connectivity index (χ3v) is 3.92. The molecule has 0 radical (unpaired) electrons. The Balaban J connectivity index is 1.67. The quantitative estimate of drug-likeness (QED) is 0.782. The van der Waals surface area contributed by atoms with Crippen LogP contribution in [0.3, 0.4) is 0 Å². The molecule has 1 atom stereocenters. The molecule has 1 aromatic carbocycles. The van der Waals surface area contributed by atoms with E-state index in [2.05, 4.69) is 20.4 Å². The Morgan fingerprint density at radius 3 is 2.95 bits per heavy atom. The molecule has 3 heterocycles. The molecule has 0 amide bonds. The van der Waals surface area contributed by atoms with Crippen LogP contribution in [-0.2, 0) is 0 Å². The van der Waals surface area contributed by atoms with Crippen LogP contribution >= 0.6 is 0 Å². The third-order valence-electron chi connectivity index (χ3n) is 3.92. The van der Waals surface area contributed by atoms with Crippen molar-refractivity contribution in [3.05, 3.63) is 42.2 Å². The SMILES string of the molecule is c1ccc2nc(-c3nc(C4CCCNC4)no3)ccc2c1. The van der Waals surface area contributed by atoms with Crippen LogP contribution in [0.15, 0.2) is 40.9 Å². The lowest BCUT2D eigenvalue weighted by atomic mass is 9.99. The van der Waals surface area contributed by atoms with Crippen molar-refractivity contribution in [3.63, 3.8) is 0 Å². The number of hydrogen-bond acceptors (Lipinski definition) is 5. The minimum absolute atomic E-state index is 0.344. The van der Waals surface area contributed by atoms with E-state index in [1.807, 2.05) is 36.4 Å². The Labute approximate surface area is 122 Å². The summed E-state index contributed by atoms with van der Waals surface area (Å²) in [6, 6.07) is 12.0. The highest BCUT2D eigenvalue weighted by atomic mass is 16.5. The summed E-state index contributed by atoms with van der Waals surface area (Å²) in [4.78, 5) is 9.12. The second kappa shape index (κ2) is 5.26. The molecule has 1 aliphatic heterocycles. The largest absolute Gasteiger partial charge is 0.332 e. The molecule has 1 aliphatic rings. The summed E-state index contributed by atoms with van der Waals surface area (Å²) in [5.41, 5.74) is 1.67. The van der Waals surface area contributed by atoms with E-state index >= 15 is 0 Å². The van der Waals surface area contributed by atoms with Crippen molar-refractivity contribution < 1.29 is 4.52 Å². The summed E-state index contributed by atoms with van der Waals surface area (Å²) < 4.78 is 5.40. The Morgan fingerprint density at radius 1 is 1.10 bits per heavy atom. The predicted octanol–water partition coefficient (Wildman–Crippen LogP) is 2.75. The second-order valence-electron chi connectivity index (χ2n) is 5.39. The van der Waals surface area contributed by atoms with E-state index in [4.69, 9.17) is 4.52 Å². The van der Waals surface area contributed by atoms with Crippen molar-refractivity contribution in [2.45, 2.75) is 18.8 Å². The van der Waals surface area contributed by atoms with Crippen LogP contribution in [0, 0.1) is 0 Å². The molecule has 1 unspecified atom stereocenters. The van der Waals surface area contributed by atoms with Crippen LogP contribution in [0.25, 0.3) is 22.5 Å². The van der Waals surface area contributed by atoms with Gasteiger partial charge in [0.1, 0.15) is 5.69 Å². The van der Waals surface area contributed by atoms with E-state index in [1.165, 1.54) is 0 Å². The molecular weight excluding hydrogens is 264 g/mol. The van der Waals surface area contributed by atoms with Gasteiger partial charge in [0, 0.05) is 17.8 Å². The normalized spacial score (nSPS) is 19.0. The van der Waals surface area contributed by atoms with E-state index in [9.17, 15) is 0 Å². The Morgan fingerprint density at radius 2 is 2.05 bits per heavy atom. The summed E-state index contributed by atoms with van der Waals surface area (Å²) in [5.74, 6) is 1.63. The summed E-state index contributed by atoms with van der Waals surface area (Å²) >= 11 is 0. The smallest absolute Gasteiger partial charge is 0.276 e. The van der Waals surface area contributed by atoms with Gasteiger partial charge >= 0.3 is 0 Å². The van der Waals surface area contributed by atoms with Gasteiger partial charge in [0.25, 0.3) is 5.89 Å². The minimum Gasteiger partial charge on any atom is -0.332 e. The molecule has 106 valence electrons. The topological polar surface area (TPSA) is 63.8 Å². The van der Waals surface area contributed by atoms with Crippen molar-refractivity contribution in [1.29, 1.82) is 0 Å². The number of rotatable bonds is 2. The van der Waals surface area contributed by atoms with Gasteiger partial charge < -0.3 is 9.84 Å². The van der Waals surface area contributed by atoms with Gasteiger partial charge in [-0.3, -0.25) is 0 Å². The standard InChI is InChI=1S/C16H16N4O/c1-2-6-13-11(4-1)7-8-14(18-13)16-19-15(20-21-16)12-5-3-9-17-10-12/h1-2,4,6-8,12,17H,3,5,9-10H2. The first-order valence-corrected chi connectivity index (χ1v) is 7.31. The fourth-order valence-corrected chi connectivity index (χ4v) is 2.76. The van der Waals surface area contributed by atoms with Crippen molar-refractivity contribution in [1.82, 2.24) is 20.4 Å². The average Bonchev–Trinajstić information content (AvgIpc) is 3.05. The number of nitrogens with one attached hydrogen (secondary N) is 1. The number of benzene rings is 1. The highest BCUT2D eigenvalue weighted by molar-refractivity contribution is 5.80. The van der Waals surface area contributed by atoms with E-state index in [1.54, 1.807) is 0 Å². The molecule has 5 nitrogen and oxygen atoms in total. The number of piperidine rings is 1. The lowest BCUT2D eigenvalue weighted by Gasteiger charge is -2.19. The molecule has 4 rings (SSSR count). The van der Waals surface area contributed by atoms with Gasteiger partial charge in [0.15, 0.2) is 5.82 Å². The molecule has 5 heteroatoms. The van der Waals surface area contributed by atoms with Gasteiger partial charge in [0.2, 0.25) is 0 Å². The number of fused-ring (bicyclic) bond motifs is 1. The van der Waals surface area contributed by atoms with Crippen LogP contribution in [0.5, 0.6) is 0 Å². The zero-order chi connectivity index (χ0) is 14.1. The molecular formula is C16H16N4O. The second-order valence-corrected chi connectivity index (χ2v) is 5.39. The third kappa shape index (κ3) is 2.40. The van der Waals surface area contributed by atoms with Gasteiger partial charge in [0.05, 0.1) is 5.52 Å². The number of aromatic nitrogens is 3. The van der Waals surface area contributed by atoms with Gasteiger partial charge in [-0.2, -0.15) is 4.98 Å². The maximum Gasteiger partial charge on any atom is 0.276 e. The van der Waals surface area contributed by atoms with Gasteiger partial charge in [-0.15, -0.1) is 0 Å². The van der Waals surface area contributed by atoms with Crippen LogP contribution in [0.4, 0.5) is 0 Å². The number of pyridine rings is 1. The van der Waals surface area contributed by atoms with Gasteiger partial charge in [-0.05, 0) is 31.5 Å². The molecule has 0 bridgehead atoms. The minimum atomic E-state index is 0.344. The van der Waals surface area contributed by atoms with Crippen LogP contribution in [-0.4, -0.2) is 28.2 Å². The zero-order valence-corrected chi connectivity index (χ0v) is 11.6. The fraction of sp³-hybridized carbons (Fsp3) is 0.312. The molecule has 21 heavy (non-hydrogen) atoms. The zero-order valence-electron chi connectivity index (χ0n) is 11.6. The van der Waals surface area contributed by atoms with E-state index in [0.717, 1.165) is 48.4 Å². The van der Waals surface area contributed by atoms with E-state index in [-0.39, 0.29) is 0 Å². The first-order chi connectivity index (χ1) is 10.4. The number of para-hydroxylation sites is 1. The number of hydrogen-bond donors (Lipinski definition) is 1. The first kappa shape index (κ1) is 12.5. The van der Waals surface area contributed by atoms with Crippen molar-refractivity contribution in [2.24, 2.45) is 0 Å². The highest BCUT2D eigenvalue weighted by Crippen LogP contribution is 2.24. The van der Waals surface area contributed by atoms with Crippen LogP contribution in [0.2, 0.25) is 0 Å². The molecule has 1 N–H and O–H groups in total. The highest BCUT2D eigenvalue weighted by Gasteiger charge is 2.21. The summed E-state index contributed by atoms with van der Waals surface area (Å²) in [6.07, 6.45) is 2.26. The van der Waals surface area contributed by atoms with Crippen molar-refractivity contribution in [3.8, 4) is 11.6 Å². The van der Waals surface area contributed by atoms with E-state index in [0.29, 0.717) is 11.8 Å². The molecule has 0 aliphatic carbocycles. The first-order valence-electron chi connectivity index (χ1n) is 7.31. The maximum atomic E-state index is 5.40. The van der Waals surface area contributed by atoms with Crippen molar-refractivity contribution >= 4 is 10.9 Å². The molecule has 3 aromatic rings. The summed E-state index contributed by atoms with van der Waals surface area (Å²) in [5, 5.41) is 8.61. The summed E-state index contributed by atoms with van der Waals surface area (Å²) in [7, 11) is 0. The predicted molar refractivity (Wildman–Crippen MR) is 79.9 cm³/mol. The van der Waals surface area contributed by atoms with Crippen molar-refractivity contribution in [2.75, 3.05) is 13.1 Å². The van der Waals surface area contributed by atoms with Crippen LogP contribution in [0.1, 0.15) is 24.6 Å². The molecule has 1 saturated heterocycles.